The number of aliphatic hydroxyl groups is 1. The molecule has 0 unspecified atom stereocenters. The Kier molecular flexibility index (Phi) is 10.8. The maximum Gasteiger partial charge on any atom is 0.252 e. The first kappa shape index (κ1) is 32.0. The molecular weight excluding hydrogens is 585 g/mol. The second-order valence-corrected chi connectivity index (χ2v) is 10.7. The Morgan fingerprint density at radius 1 is 1.04 bits per heavy atom. The summed E-state index contributed by atoms with van der Waals surface area (Å²) in [7, 11) is 0. The quantitative estimate of drug-likeness (QED) is 0.0667. The van der Waals surface area contributed by atoms with E-state index >= 15 is 0 Å². The fourth-order valence-electron chi connectivity index (χ4n) is 5.24. The Hall–Kier alpha value is -5.44. The van der Waals surface area contributed by atoms with E-state index in [1.165, 1.54) is 6.07 Å². The van der Waals surface area contributed by atoms with Gasteiger partial charge in [-0.1, -0.05) is 90.1 Å². The summed E-state index contributed by atoms with van der Waals surface area (Å²) in [6.45, 7) is 0.569. The van der Waals surface area contributed by atoms with E-state index in [2.05, 4.69) is 15.3 Å². The Bertz CT molecular complexity index is 1740. The minimum atomic E-state index is -1.51. The van der Waals surface area contributed by atoms with E-state index < -0.39 is 17.6 Å². The van der Waals surface area contributed by atoms with Crippen LogP contribution in [0.4, 0.5) is 10.1 Å². The van der Waals surface area contributed by atoms with Gasteiger partial charge in [-0.3, -0.25) is 4.79 Å². The summed E-state index contributed by atoms with van der Waals surface area (Å²) in [4.78, 5) is 22.3. The van der Waals surface area contributed by atoms with Gasteiger partial charge in [0.25, 0.3) is 5.91 Å². The van der Waals surface area contributed by atoms with Crippen LogP contribution >= 0.6 is 0 Å². The average molecular weight is 620 g/mol. The van der Waals surface area contributed by atoms with Gasteiger partial charge < -0.3 is 19.9 Å². The fraction of sp³-hybridized carbons (Fsp3) is 0.222. The van der Waals surface area contributed by atoms with Crippen molar-refractivity contribution in [2.45, 2.75) is 30.9 Å². The van der Waals surface area contributed by atoms with Crippen LogP contribution in [0.5, 0.6) is 5.75 Å². The van der Waals surface area contributed by atoms with Gasteiger partial charge in [0.1, 0.15) is 11.6 Å². The van der Waals surface area contributed by atoms with Crippen molar-refractivity contribution < 1.29 is 23.8 Å². The molecule has 1 amide bonds. The van der Waals surface area contributed by atoms with E-state index in [-0.39, 0.29) is 37.7 Å². The zero-order valence-electron chi connectivity index (χ0n) is 25.1. The van der Waals surface area contributed by atoms with E-state index in [1.54, 1.807) is 66.7 Å². The van der Waals surface area contributed by atoms with Gasteiger partial charge >= 0.3 is 0 Å². The van der Waals surface area contributed by atoms with Gasteiger partial charge in [-0.15, -0.1) is 0 Å². The van der Waals surface area contributed by atoms with Crippen molar-refractivity contribution in [3.05, 3.63) is 148 Å². The van der Waals surface area contributed by atoms with Crippen molar-refractivity contribution in [3.8, 4) is 5.75 Å². The van der Waals surface area contributed by atoms with Gasteiger partial charge in [-0.2, -0.15) is 0 Å². The largest absolute Gasteiger partial charge is 0.494 e. The number of carbonyl (C=O) groups excluding carboxylic acids is 1. The maximum atomic E-state index is 14.3. The minimum Gasteiger partial charge on any atom is -0.494 e. The van der Waals surface area contributed by atoms with Gasteiger partial charge in [-0.05, 0) is 53.4 Å². The highest BCUT2D eigenvalue weighted by atomic mass is 19.1. The molecule has 0 aliphatic carbocycles. The summed E-state index contributed by atoms with van der Waals surface area (Å²) in [6, 6.07) is 30.2. The molecule has 2 N–H and O–H groups in total. The van der Waals surface area contributed by atoms with Crippen LogP contribution in [0.3, 0.4) is 0 Å². The molecule has 4 aromatic carbocycles. The molecule has 0 saturated heterocycles. The Morgan fingerprint density at radius 2 is 1.78 bits per heavy atom. The van der Waals surface area contributed by atoms with Crippen molar-refractivity contribution in [3.63, 3.8) is 0 Å². The smallest absolute Gasteiger partial charge is 0.252 e. The van der Waals surface area contributed by atoms with Crippen LogP contribution in [0.2, 0.25) is 0 Å². The Morgan fingerprint density at radius 3 is 2.54 bits per heavy atom. The van der Waals surface area contributed by atoms with Crippen molar-refractivity contribution in [1.29, 1.82) is 0 Å². The molecule has 1 aliphatic heterocycles. The predicted octanol–water partition coefficient (Wildman–Crippen LogP) is 7.25. The zero-order chi connectivity index (χ0) is 32.2. The molecule has 5 rings (SSSR count). The second kappa shape index (κ2) is 15.5. The first-order chi connectivity index (χ1) is 22.5. The molecule has 0 bridgehead atoms. The van der Waals surface area contributed by atoms with E-state index in [9.17, 15) is 14.7 Å². The molecule has 2 atom stereocenters. The van der Waals surface area contributed by atoms with E-state index in [1.807, 2.05) is 42.5 Å². The fourth-order valence-corrected chi connectivity index (χ4v) is 5.24. The summed E-state index contributed by atoms with van der Waals surface area (Å²) in [5.74, 6) is 0.0944. The third kappa shape index (κ3) is 7.61. The zero-order valence-corrected chi connectivity index (χ0v) is 25.1. The first-order valence-corrected chi connectivity index (χ1v) is 15.0. The Balaban J connectivity index is 1.54. The number of amides is 1. The molecular formula is C36H34FN5O4. The number of rotatable bonds is 14. The number of hydrogen-bond donors (Lipinski definition) is 2. The number of nitrogens with zero attached hydrogens (tertiary/aromatic N) is 4. The number of ether oxygens (including phenoxy) is 2. The van der Waals surface area contributed by atoms with Crippen LogP contribution < -0.4 is 10.1 Å². The number of hydrogen-bond acceptors (Lipinski definition) is 6. The highest BCUT2D eigenvalue weighted by Crippen LogP contribution is 2.45. The van der Waals surface area contributed by atoms with Gasteiger partial charge in [-0.25, -0.2) is 9.38 Å². The molecule has 4 aromatic rings. The van der Waals surface area contributed by atoms with Crippen molar-refractivity contribution >= 4 is 23.6 Å². The summed E-state index contributed by atoms with van der Waals surface area (Å²) in [6.07, 6.45) is 3.77. The number of nitrogens with one attached hydrogen (secondary N) is 1. The van der Waals surface area contributed by atoms with Gasteiger partial charge in [0.2, 0.25) is 5.90 Å². The topological polar surface area (TPSA) is 129 Å². The number of azide groups is 1. The lowest BCUT2D eigenvalue weighted by Gasteiger charge is -2.30. The summed E-state index contributed by atoms with van der Waals surface area (Å²) in [5, 5.41) is 15.9. The standard InChI is InChI=1S/C36H34FN5O4/c37-31-15-6-4-13-27(31)21-23-39-35(44)36(22-8-12-26-10-2-1-3-11-26)33(30-14-5-7-16-32(30)41-42-38)46-34(40-36)28-17-19-29(20-18-28)45-25-9-24-43/h1-8,10-20,33,43H,9,21-25H2,(H,39,44)/b12-8+/t33-,36-/m1/s1. The van der Waals surface area contributed by atoms with Crippen LogP contribution in [0.1, 0.15) is 41.2 Å². The van der Waals surface area contributed by atoms with Crippen molar-refractivity contribution in [2.75, 3.05) is 19.8 Å². The lowest BCUT2D eigenvalue weighted by Crippen LogP contribution is -2.48. The number of halogens is 1. The number of carbonyl (C=O) groups is 1. The molecule has 1 heterocycles. The van der Waals surface area contributed by atoms with E-state index in [4.69, 9.17) is 19.6 Å². The molecule has 0 saturated carbocycles. The SMILES string of the molecule is [N-]=[N+]=Nc1ccccc1[C@H]1OC(c2ccc(OCCCO)cc2)=N[C@@]1(C/C=C/c1ccccc1)C(=O)NCCc1ccccc1F. The van der Waals surface area contributed by atoms with Crippen molar-refractivity contribution in [1.82, 2.24) is 5.32 Å². The van der Waals surface area contributed by atoms with E-state index in [0.717, 1.165) is 5.56 Å². The normalized spacial score (nSPS) is 17.2. The maximum absolute atomic E-state index is 14.3. The lowest BCUT2D eigenvalue weighted by molar-refractivity contribution is -0.128. The summed E-state index contributed by atoms with van der Waals surface area (Å²) >= 11 is 0. The molecule has 0 radical (unpaired) electrons. The van der Waals surface area contributed by atoms with Crippen molar-refractivity contribution in [2.24, 2.45) is 10.1 Å². The summed E-state index contributed by atoms with van der Waals surface area (Å²) in [5.41, 5.74) is 10.7. The molecule has 1 aliphatic rings. The molecule has 0 spiro atoms. The van der Waals surface area contributed by atoms with Crippen LogP contribution in [-0.4, -0.2) is 42.2 Å². The van der Waals surface area contributed by atoms with Gasteiger partial charge in [0.05, 0.1) is 6.61 Å². The van der Waals surface area contributed by atoms with Gasteiger partial charge in [0.15, 0.2) is 11.6 Å². The molecule has 0 aromatic heterocycles. The van der Waals surface area contributed by atoms with E-state index in [0.29, 0.717) is 41.2 Å². The van der Waals surface area contributed by atoms with Crippen LogP contribution in [0, 0.1) is 5.82 Å². The average Bonchev–Trinajstić information content (AvgIpc) is 3.47. The molecule has 234 valence electrons. The monoisotopic (exact) mass is 619 g/mol. The number of aliphatic imine (C=N–C) groups is 1. The lowest BCUT2D eigenvalue weighted by atomic mass is 9.83. The third-order valence-electron chi connectivity index (χ3n) is 7.58. The second-order valence-electron chi connectivity index (χ2n) is 10.7. The number of aliphatic hydroxyl groups excluding tert-OH is 1. The molecule has 10 heteroatoms. The third-order valence-corrected chi connectivity index (χ3v) is 7.58. The first-order valence-electron chi connectivity index (χ1n) is 15.0. The van der Waals surface area contributed by atoms with Crippen LogP contribution in [-0.2, 0) is 16.0 Å². The van der Waals surface area contributed by atoms with Crippen LogP contribution in [0.15, 0.2) is 119 Å². The predicted molar refractivity (Wildman–Crippen MR) is 175 cm³/mol. The summed E-state index contributed by atoms with van der Waals surface area (Å²) < 4.78 is 26.5. The van der Waals surface area contributed by atoms with Crippen LogP contribution in [0.25, 0.3) is 16.5 Å². The number of benzene rings is 4. The molecule has 46 heavy (non-hydrogen) atoms. The molecule has 0 fully saturated rings. The van der Waals surface area contributed by atoms with Gasteiger partial charge in [0, 0.05) is 47.7 Å². The minimum absolute atomic E-state index is 0.0323. The highest BCUT2D eigenvalue weighted by Gasteiger charge is 2.53. The molecule has 9 nitrogen and oxygen atoms in total. The highest BCUT2D eigenvalue weighted by molar-refractivity contribution is 6.01. The Labute approximate surface area is 266 Å².